The summed E-state index contributed by atoms with van der Waals surface area (Å²) < 4.78 is 0. The average Bonchev–Trinajstić information content (AvgIpc) is 1.65. The highest BCUT2D eigenvalue weighted by Crippen LogP contribution is 1.78. The molecule has 2 heteroatoms. The Balaban J connectivity index is 3.14. The van der Waals surface area contributed by atoms with Crippen molar-refractivity contribution in [2.45, 2.75) is 26.3 Å². The van der Waals surface area contributed by atoms with Gasteiger partial charge in [-0.05, 0) is 13.3 Å². The Labute approximate surface area is 44.7 Å². The number of quaternary nitrogens is 1. The van der Waals surface area contributed by atoms with Gasteiger partial charge in [0.25, 0.3) is 0 Å². The molecule has 1 N–H and O–H groups in total. The molecule has 0 aromatic heterocycles. The highest BCUT2D eigenvalue weighted by molar-refractivity contribution is 4.38. The molecular formula is C5H13NO. The van der Waals surface area contributed by atoms with Gasteiger partial charge >= 0.3 is 0 Å². The van der Waals surface area contributed by atoms with Crippen molar-refractivity contribution in [1.29, 1.82) is 0 Å². The average molecular weight is 103 g/mol. The van der Waals surface area contributed by atoms with Crippen LogP contribution >= 0.6 is 0 Å². The van der Waals surface area contributed by atoms with E-state index >= 15 is 0 Å². The van der Waals surface area contributed by atoms with E-state index in [1.807, 2.05) is 13.8 Å². The third kappa shape index (κ3) is 2.60. The summed E-state index contributed by atoms with van der Waals surface area (Å²) in [5.74, 6) is 0. The molecular weight excluding hydrogens is 90.1 g/mol. The zero-order valence-corrected chi connectivity index (χ0v) is 5.19. The van der Waals surface area contributed by atoms with Gasteiger partial charge in [0.1, 0.15) is 0 Å². The van der Waals surface area contributed by atoms with Crippen molar-refractivity contribution in [2.24, 2.45) is 0 Å². The standard InChI is InChI=1S/C5H13NO/c1-4-5(2)6(3)7/h5-6H,4H2,1-3H3. The maximum atomic E-state index is 10.4. The van der Waals surface area contributed by atoms with Gasteiger partial charge in [-0.3, -0.25) is 0 Å². The maximum Gasteiger partial charge on any atom is 0.0838 e. The van der Waals surface area contributed by atoms with E-state index in [2.05, 4.69) is 0 Å². The minimum atomic E-state index is 0.264. The number of hydrogen-bond acceptors (Lipinski definition) is 1. The molecule has 0 rings (SSSR count). The van der Waals surface area contributed by atoms with E-state index in [9.17, 15) is 5.21 Å². The molecule has 0 aliphatic carbocycles. The summed E-state index contributed by atoms with van der Waals surface area (Å²) in [6.07, 6.45) is 0.968. The quantitative estimate of drug-likeness (QED) is 0.481. The van der Waals surface area contributed by atoms with Crippen LogP contribution < -0.4 is 5.06 Å². The normalized spacial score (nSPS) is 18.9. The van der Waals surface area contributed by atoms with Crippen molar-refractivity contribution < 1.29 is 5.06 Å². The molecule has 0 aromatic rings. The van der Waals surface area contributed by atoms with Gasteiger partial charge in [0.2, 0.25) is 0 Å². The molecule has 44 valence electrons. The molecule has 2 unspecified atom stereocenters. The molecule has 2 nitrogen and oxygen atoms in total. The van der Waals surface area contributed by atoms with Gasteiger partial charge in [-0.2, -0.15) is 0 Å². The molecule has 0 saturated carbocycles. The highest BCUT2D eigenvalue weighted by Gasteiger charge is 1.97. The van der Waals surface area contributed by atoms with E-state index in [-0.39, 0.29) is 6.04 Å². The monoisotopic (exact) mass is 103 g/mol. The van der Waals surface area contributed by atoms with Gasteiger partial charge in [-0.15, -0.1) is 0 Å². The molecule has 0 aromatic carbocycles. The molecule has 0 heterocycles. The SMILES string of the molecule is CCC(C)[NH+](C)[O-]. The molecule has 0 spiro atoms. The van der Waals surface area contributed by atoms with E-state index < -0.39 is 0 Å². The lowest BCUT2D eigenvalue weighted by molar-refractivity contribution is -0.852. The molecule has 0 radical (unpaired) electrons. The predicted octanol–water partition coefficient (Wildman–Crippen LogP) is -0.203. The zero-order valence-electron chi connectivity index (χ0n) is 5.19. The first-order valence-electron chi connectivity index (χ1n) is 2.69. The van der Waals surface area contributed by atoms with Crippen LogP contribution in [0.4, 0.5) is 0 Å². The minimum Gasteiger partial charge on any atom is -0.634 e. The van der Waals surface area contributed by atoms with E-state index in [1.165, 1.54) is 0 Å². The van der Waals surface area contributed by atoms with E-state index in [4.69, 9.17) is 0 Å². The van der Waals surface area contributed by atoms with Gasteiger partial charge < -0.3 is 10.3 Å². The Bertz CT molecular complexity index is 45.3. The van der Waals surface area contributed by atoms with Gasteiger partial charge in [-0.25, -0.2) is 0 Å². The molecule has 0 bridgehead atoms. The molecule has 2 atom stereocenters. The molecule has 0 fully saturated rings. The second-order valence-corrected chi connectivity index (χ2v) is 1.92. The fourth-order valence-corrected chi connectivity index (χ4v) is 0.287. The molecule has 0 aliphatic rings. The highest BCUT2D eigenvalue weighted by atomic mass is 16.5. The van der Waals surface area contributed by atoms with Crippen LogP contribution in [0.15, 0.2) is 0 Å². The van der Waals surface area contributed by atoms with Crippen molar-refractivity contribution >= 4 is 0 Å². The van der Waals surface area contributed by atoms with Crippen molar-refractivity contribution in [3.05, 3.63) is 5.21 Å². The van der Waals surface area contributed by atoms with Crippen LogP contribution in [0.3, 0.4) is 0 Å². The van der Waals surface area contributed by atoms with E-state index in [0.29, 0.717) is 5.06 Å². The molecule has 0 amide bonds. The van der Waals surface area contributed by atoms with Crippen LogP contribution in [0.2, 0.25) is 0 Å². The Morgan fingerprint density at radius 2 is 2.14 bits per heavy atom. The first kappa shape index (κ1) is 6.92. The second kappa shape index (κ2) is 2.99. The summed E-state index contributed by atoms with van der Waals surface area (Å²) in [5, 5.41) is 10.7. The first-order chi connectivity index (χ1) is 3.18. The topological polar surface area (TPSA) is 27.5 Å². The predicted molar refractivity (Wildman–Crippen MR) is 30.0 cm³/mol. The van der Waals surface area contributed by atoms with Crippen LogP contribution in [-0.4, -0.2) is 13.1 Å². The summed E-state index contributed by atoms with van der Waals surface area (Å²) in [5.41, 5.74) is 0. The summed E-state index contributed by atoms with van der Waals surface area (Å²) in [4.78, 5) is 0. The molecule has 0 saturated heterocycles. The van der Waals surface area contributed by atoms with Crippen molar-refractivity contribution in [3.63, 3.8) is 0 Å². The van der Waals surface area contributed by atoms with Crippen LogP contribution in [0.5, 0.6) is 0 Å². The van der Waals surface area contributed by atoms with Crippen molar-refractivity contribution in [3.8, 4) is 0 Å². The van der Waals surface area contributed by atoms with Crippen LogP contribution in [0.1, 0.15) is 20.3 Å². The largest absolute Gasteiger partial charge is 0.634 e. The van der Waals surface area contributed by atoms with Gasteiger partial charge in [0.15, 0.2) is 0 Å². The van der Waals surface area contributed by atoms with Crippen LogP contribution in [0.25, 0.3) is 0 Å². The fourth-order valence-electron chi connectivity index (χ4n) is 0.287. The number of hydroxylamine groups is 2. The Morgan fingerprint density at radius 1 is 1.71 bits per heavy atom. The number of hydrogen-bond donors (Lipinski definition) is 1. The van der Waals surface area contributed by atoms with Crippen molar-refractivity contribution in [2.75, 3.05) is 7.05 Å². The molecule has 0 aliphatic heterocycles. The van der Waals surface area contributed by atoms with Crippen molar-refractivity contribution in [1.82, 2.24) is 0 Å². The maximum absolute atomic E-state index is 10.4. The summed E-state index contributed by atoms with van der Waals surface area (Å²) >= 11 is 0. The first-order valence-corrected chi connectivity index (χ1v) is 2.69. The second-order valence-electron chi connectivity index (χ2n) is 1.92. The zero-order chi connectivity index (χ0) is 5.86. The number of nitrogens with one attached hydrogen (secondary N) is 1. The van der Waals surface area contributed by atoms with Gasteiger partial charge in [0, 0.05) is 0 Å². The summed E-state index contributed by atoms with van der Waals surface area (Å²) in [7, 11) is 1.63. The summed E-state index contributed by atoms with van der Waals surface area (Å²) in [6.45, 7) is 3.97. The lowest BCUT2D eigenvalue weighted by Gasteiger charge is -2.22. The minimum absolute atomic E-state index is 0.264. The third-order valence-corrected chi connectivity index (χ3v) is 1.31. The fraction of sp³-hybridized carbons (Fsp3) is 1.00. The summed E-state index contributed by atoms with van der Waals surface area (Å²) in [6, 6.07) is 0.264. The van der Waals surface area contributed by atoms with E-state index in [1.54, 1.807) is 7.05 Å². The Hall–Kier alpha value is -0.0800. The smallest absolute Gasteiger partial charge is 0.0838 e. The van der Waals surface area contributed by atoms with E-state index in [0.717, 1.165) is 6.42 Å². The van der Waals surface area contributed by atoms with Crippen LogP contribution in [0, 0.1) is 5.21 Å². The Morgan fingerprint density at radius 3 is 2.14 bits per heavy atom. The molecule has 7 heavy (non-hydrogen) atoms. The lowest BCUT2D eigenvalue weighted by atomic mass is 10.3. The lowest BCUT2D eigenvalue weighted by Crippen LogP contribution is -3.07. The Kier molecular flexibility index (Phi) is 2.96. The van der Waals surface area contributed by atoms with Crippen LogP contribution in [-0.2, 0) is 0 Å². The van der Waals surface area contributed by atoms with Gasteiger partial charge in [0.05, 0.1) is 13.1 Å². The van der Waals surface area contributed by atoms with Gasteiger partial charge in [-0.1, -0.05) is 6.92 Å². The third-order valence-electron chi connectivity index (χ3n) is 1.31. The number of rotatable bonds is 2.